The molecule has 0 aromatic heterocycles. The van der Waals surface area contributed by atoms with Gasteiger partial charge in [-0.2, -0.15) is 0 Å². The van der Waals surface area contributed by atoms with Crippen molar-refractivity contribution in [2.45, 2.75) is 44.5 Å². The van der Waals surface area contributed by atoms with E-state index < -0.39 is 42.1 Å². The van der Waals surface area contributed by atoms with Crippen molar-refractivity contribution in [3.8, 4) is 0 Å². The van der Waals surface area contributed by atoms with Crippen LogP contribution in [-0.2, 0) is 41.9 Å². The molecule has 3 aromatic rings. The van der Waals surface area contributed by atoms with E-state index in [1.807, 2.05) is 78.9 Å². The van der Waals surface area contributed by atoms with Crippen molar-refractivity contribution >= 4 is 23.7 Å². The Morgan fingerprint density at radius 1 is 0.872 bits per heavy atom. The van der Waals surface area contributed by atoms with Gasteiger partial charge in [-0.05, 0) is 16.7 Å². The van der Waals surface area contributed by atoms with Crippen molar-refractivity contribution in [1.82, 2.24) is 15.1 Å². The van der Waals surface area contributed by atoms with Crippen LogP contribution in [0.3, 0.4) is 0 Å². The predicted molar refractivity (Wildman–Crippen MR) is 140 cm³/mol. The van der Waals surface area contributed by atoms with E-state index in [0.717, 1.165) is 11.1 Å². The van der Waals surface area contributed by atoms with Gasteiger partial charge in [-0.15, -0.1) is 0 Å². The number of fused-ring (bicyclic) bond motifs is 1. The van der Waals surface area contributed by atoms with Crippen LogP contribution in [0, 0.1) is 0 Å². The van der Waals surface area contributed by atoms with Gasteiger partial charge in [0.25, 0.3) is 5.91 Å². The third kappa shape index (κ3) is 5.53. The summed E-state index contributed by atoms with van der Waals surface area (Å²) in [6.45, 7) is 1.67. The second-order valence-electron chi connectivity index (χ2n) is 9.52. The summed E-state index contributed by atoms with van der Waals surface area (Å²) in [6.07, 6.45) is -2.12. The molecule has 0 radical (unpaired) electrons. The van der Waals surface area contributed by atoms with Crippen molar-refractivity contribution in [3.63, 3.8) is 0 Å². The number of hydrogen-bond donors (Lipinski definition) is 1. The normalized spacial score (nSPS) is 20.5. The van der Waals surface area contributed by atoms with E-state index in [9.17, 15) is 19.2 Å². The summed E-state index contributed by atoms with van der Waals surface area (Å²) in [5.74, 6) is -1.98. The standard InChI is InChI=1S/C30H29N3O6/c1-20(34)32-17-24-25(29(36)33(24)28(32)30(37)39-19-22-13-7-3-8-14-22)31-27(35)26(23-15-9-4-10-16-23)38-18-21-11-5-2-6-12-21/h2-16,24-26,28H,17-19H2,1H3,(H,31,35)/t24?,25-,26?,28?/m1/s1. The maximum absolute atomic E-state index is 13.4. The zero-order chi connectivity index (χ0) is 27.4. The second kappa shape index (κ2) is 11.5. The van der Waals surface area contributed by atoms with Gasteiger partial charge in [-0.3, -0.25) is 14.4 Å². The molecule has 5 rings (SSSR count). The number of esters is 1. The number of nitrogens with one attached hydrogen (secondary N) is 1. The van der Waals surface area contributed by atoms with E-state index >= 15 is 0 Å². The molecule has 0 bridgehead atoms. The maximum Gasteiger partial charge on any atom is 0.350 e. The van der Waals surface area contributed by atoms with E-state index in [4.69, 9.17) is 9.47 Å². The van der Waals surface area contributed by atoms with Gasteiger partial charge >= 0.3 is 5.97 Å². The van der Waals surface area contributed by atoms with Crippen LogP contribution in [0.5, 0.6) is 0 Å². The molecule has 0 saturated carbocycles. The molecule has 0 spiro atoms. The van der Waals surface area contributed by atoms with E-state index in [1.54, 1.807) is 12.1 Å². The summed E-state index contributed by atoms with van der Waals surface area (Å²) in [4.78, 5) is 54.6. The summed E-state index contributed by atoms with van der Waals surface area (Å²) in [5.41, 5.74) is 2.34. The number of hydrogen-bond acceptors (Lipinski definition) is 6. The highest BCUT2D eigenvalue weighted by atomic mass is 16.5. The van der Waals surface area contributed by atoms with E-state index in [1.165, 1.54) is 16.7 Å². The Balaban J connectivity index is 1.28. The van der Waals surface area contributed by atoms with Gasteiger partial charge in [0.15, 0.2) is 6.10 Å². The van der Waals surface area contributed by atoms with Crippen LogP contribution in [0.2, 0.25) is 0 Å². The maximum atomic E-state index is 13.4. The van der Waals surface area contributed by atoms with Crippen LogP contribution in [0.25, 0.3) is 0 Å². The molecule has 1 N–H and O–H groups in total. The Labute approximate surface area is 226 Å². The first kappa shape index (κ1) is 26.1. The SMILES string of the molecule is CC(=O)N1CC2[C@@H](NC(=O)C(OCc3ccccc3)c3ccccc3)C(=O)N2C1C(=O)OCc1ccccc1. The molecule has 9 nitrogen and oxygen atoms in total. The third-order valence-corrected chi connectivity index (χ3v) is 6.94. The molecule has 2 aliphatic heterocycles. The van der Waals surface area contributed by atoms with Crippen LogP contribution < -0.4 is 5.32 Å². The number of ether oxygens (including phenoxy) is 2. The number of amides is 3. The molecular weight excluding hydrogens is 498 g/mol. The van der Waals surface area contributed by atoms with E-state index in [2.05, 4.69) is 5.32 Å². The first-order valence-electron chi connectivity index (χ1n) is 12.7. The molecule has 9 heteroatoms. The first-order valence-corrected chi connectivity index (χ1v) is 12.7. The molecule has 200 valence electrons. The molecule has 3 unspecified atom stereocenters. The monoisotopic (exact) mass is 527 g/mol. The molecule has 3 aromatic carbocycles. The minimum absolute atomic E-state index is 0.0201. The Kier molecular flexibility index (Phi) is 7.69. The van der Waals surface area contributed by atoms with Crippen LogP contribution in [0.15, 0.2) is 91.0 Å². The Bertz CT molecular complexity index is 1330. The zero-order valence-electron chi connectivity index (χ0n) is 21.4. The summed E-state index contributed by atoms with van der Waals surface area (Å²) in [5, 5.41) is 2.80. The number of carbonyl (C=O) groups excluding carboxylic acids is 4. The highest BCUT2D eigenvalue weighted by Crippen LogP contribution is 2.34. The average molecular weight is 528 g/mol. The molecular formula is C30H29N3O6. The van der Waals surface area contributed by atoms with Gasteiger partial charge in [0.1, 0.15) is 12.6 Å². The average Bonchev–Trinajstić information content (AvgIpc) is 3.33. The fraction of sp³-hybridized carbons (Fsp3) is 0.267. The number of benzene rings is 3. The van der Waals surface area contributed by atoms with Gasteiger partial charge in [0.05, 0.1) is 12.6 Å². The Hall–Kier alpha value is -4.50. The first-order chi connectivity index (χ1) is 18.9. The van der Waals surface area contributed by atoms with Crippen LogP contribution in [-0.4, -0.2) is 58.3 Å². The molecule has 2 heterocycles. The van der Waals surface area contributed by atoms with Crippen molar-refractivity contribution in [3.05, 3.63) is 108 Å². The predicted octanol–water partition coefficient (Wildman–Crippen LogP) is 2.57. The van der Waals surface area contributed by atoms with Crippen molar-refractivity contribution in [2.24, 2.45) is 0 Å². The highest BCUT2D eigenvalue weighted by molar-refractivity contribution is 5.99. The number of carbonyl (C=O) groups is 4. The summed E-state index contributed by atoms with van der Waals surface area (Å²) in [7, 11) is 0. The van der Waals surface area contributed by atoms with E-state index in [-0.39, 0.29) is 25.7 Å². The summed E-state index contributed by atoms with van der Waals surface area (Å²) in [6, 6.07) is 26.2. The largest absolute Gasteiger partial charge is 0.458 e. The molecule has 39 heavy (non-hydrogen) atoms. The number of β-lactam (4-membered cyclic amide) rings is 1. The Morgan fingerprint density at radius 3 is 2.03 bits per heavy atom. The topological polar surface area (TPSA) is 105 Å². The minimum atomic E-state index is -1.17. The highest BCUT2D eigenvalue weighted by Gasteiger charge is 2.61. The zero-order valence-corrected chi connectivity index (χ0v) is 21.4. The van der Waals surface area contributed by atoms with Crippen LogP contribution >= 0.6 is 0 Å². The molecule has 2 fully saturated rings. The second-order valence-corrected chi connectivity index (χ2v) is 9.52. The van der Waals surface area contributed by atoms with Crippen LogP contribution in [0.4, 0.5) is 0 Å². The molecule has 4 atom stereocenters. The van der Waals surface area contributed by atoms with Crippen molar-refractivity contribution in [2.75, 3.05) is 6.54 Å². The lowest BCUT2D eigenvalue weighted by Gasteiger charge is -2.43. The minimum Gasteiger partial charge on any atom is -0.458 e. The number of nitrogens with zero attached hydrogens (tertiary/aromatic N) is 2. The fourth-order valence-electron chi connectivity index (χ4n) is 4.95. The Morgan fingerprint density at radius 2 is 1.44 bits per heavy atom. The quantitative estimate of drug-likeness (QED) is 0.339. The smallest absolute Gasteiger partial charge is 0.350 e. The van der Waals surface area contributed by atoms with E-state index in [0.29, 0.717) is 5.56 Å². The van der Waals surface area contributed by atoms with Gasteiger partial charge in [0.2, 0.25) is 18.0 Å². The number of rotatable bonds is 9. The lowest BCUT2D eigenvalue weighted by atomic mass is 9.95. The molecule has 2 saturated heterocycles. The lowest BCUT2D eigenvalue weighted by molar-refractivity contribution is -0.170. The van der Waals surface area contributed by atoms with Crippen LogP contribution in [0.1, 0.15) is 29.7 Å². The van der Waals surface area contributed by atoms with Crippen molar-refractivity contribution < 1.29 is 28.7 Å². The van der Waals surface area contributed by atoms with Gasteiger partial charge in [-0.1, -0.05) is 91.0 Å². The van der Waals surface area contributed by atoms with Gasteiger partial charge in [0, 0.05) is 13.5 Å². The van der Waals surface area contributed by atoms with Crippen molar-refractivity contribution in [1.29, 1.82) is 0 Å². The summed E-state index contributed by atoms with van der Waals surface area (Å²) >= 11 is 0. The van der Waals surface area contributed by atoms with Gasteiger partial charge in [-0.25, -0.2) is 4.79 Å². The molecule has 3 amide bonds. The molecule has 0 aliphatic carbocycles. The molecule has 2 aliphatic rings. The third-order valence-electron chi connectivity index (χ3n) is 6.94. The lowest BCUT2D eigenvalue weighted by Crippen LogP contribution is -2.71. The fourth-order valence-corrected chi connectivity index (χ4v) is 4.95. The summed E-state index contributed by atoms with van der Waals surface area (Å²) < 4.78 is 11.5. The van der Waals surface area contributed by atoms with Gasteiger partial charge < -0.3 is 24.6 Å².